The molecule has 1 fully saturated rings. The molecule has 2 aliphatic rings. The molecule has 0 bridgehead atoms. The van der Waals surface area contributed by atoms with E-state index in [2.05, 4.69) is 52.9 Å². The summed E-state index contributed by atoms with van der Waals surface area (Å²) in [5.41, 5.74) is 5.36. The average molecular weight is 593 g/mol. The van der Waals surface area contributed by atoms with Gasteiger partial charge in [-0.05, 0) is 82.9 Å². The van der Waals surface area contributed by atoms with Gasteiger partial charge in [-0.2, -0.15) is 0 Å². The van der Waals surface area contributed by atoms with Crippen LogP contribution in [-0.2, 0) is 9.59 Å². The molecule has 38 heavy (non-hydrogen) atoms. The molecule has 8 heteroatoms. The van der Waals surface area contributed by atoms with Crippen molar-refractivity contribution in [3.63, 3.8) is 0 Å². The highest BCUT2D eigenvalue weighted by Gasteiger charge is 2.32. The van der Waals surface area contributed by atoms with Crippen LogP contribution in [0.5, 0.6) is 5.75 Å². The monoisotopic (exact) mass is 591 g/mol. The summed E-state index contributed by atoms with van der Waals surface area (Å²) in [5, 5.41) is 0. The average Bonchev–Trinajstić information content (AvgIpc) is 2.92. The Morgan fingerprint density at radius 3 is 2.50 bits per heavy atom. The van der Waals surface area contributed by atoms with Gasteiger partial charge in [-0.1, -0.05) is 42.1 Å². The fourth-order valence-electron chi connectivity index (χ4n) is 4.84. The number of thioether (sulfide) groups is 1. The predicted molar refractivity (Wildman–Crippen MR) is 158 cm³/mol. The van der Waals surface area contributed by atoms with E-state index in [1.807, 2.05) is 53.4 Å². The van der Waals surface area contributed by atoms with E-state index >= 15 is 0 Å². The number of halogens is 1. The molecule has 1 saturated heterocycles. The number of benzene rings is 3. The van der Waals surface area contributed by atoms with E-state index in [1.54, 1.807) is 12.0 Å². The number of amides is 2. The molecule has 6 nitrogen and oxygen atoms in total. The number of piperazine rings is 1. The van der Waals surface area contributed by atoms with Gasteiger partial charge in [-0.25, -0.2) is 0 Å². The van der Waals surface area contributed by atoms with Gasteiger partial charge in [0.1, 0.15) is 12.3 Å². The van der Waals surface area contributed by atoms with E-state index in [9.17, 15) is 9.59 Å². The summed E-state index contributed by atoms with van der Waals surface area (Å²) >= 11 is 4.95. The topological polar surface area (TPSA) is 53.1 Å². The molecule has 3 aromatic carbocycles. The van der Waals surface area contributed by atoms with Crippen LogP contribution in [0.3, 0.4) is 0 Å². The first-order valence-corrected chi connectivity index (χ1v) is 14.2. The molecule has 0 spiro atoms. The Morgan fingerprint density at radius 2 is 1.76 bits per heavy atom. The van der Waals surface area contributed by atoms with Crippen molar-refractivity contribution < 1.29 is 14.3 Å². The molecule has 0 radical (unpaired) electrons. The fraction of sp³-hybridized carbons (Fsp3) is 0.267. The number of carbonyl (C=O) groups is 2. The summed E-state index contributed by atoms with van der Waals surface area (Å²) in [6.07, 6.45) is 1.87. The van der Waals surface area contributed by atoms with E-state index in [1.165, 1.54) is 28.6 Å². The molecule has 3 aromatic rings. The van der Waals surface area contributed by atoms with E-state index in [0.717, 1.165) is 39.5 Å². The second kappa shape index (κ2) is 11.3. The van der Waals surface area contributed by atoms with Crippen LogP contribution in [0, 0.1) is 13.8 Å². The first-order valence-electron chi connectivity index (χ1n) is 12.6. The minimum atomic E-state index is -0.164. The normalized spacial score (nSPS) is 16.6. The number of hydrogen-bond donors (Lipinski definition) is 0. The minimum absolute atomic E-state index is 0.0174. The Hall–Kier alpha value is -3.23. The maximum Gasteiger partial charge on any atom is 0.265 e. The standard InChI is InChI=1S/C30H30BrN3O3S/c1-20-8-9-21(2)25(16-20)32-12-14-33(15-13-32)29(35)19-34-24-6-4-5-7-27(24)38-28(30(34)36)18-22-10-11-26(37-3)23(31)17-22/h4-11,16-18H,12-15,19H2,1-3H3/b28-18+. The van der Waals surface area contributed by atoms with Crippen LogP contribution in [0.15, 0.2) is 74.9 Å². The summed E-state index contributed by atoms with van der Waals surface area (Å²) in [6.45, 7) is 7.05. The smallest absolute Gasteiger partial charge is 0.265 e. The van der Waals surface area contributed by atoms with Crippen LogP contribution in [0.1, 0.15) is 16.7 Å². The number of para-hydroxylation sites is 1. The summed E-state index contributed by atoms with van der Waals surface area (Å²) in [7, 11) is 1.62. The highest BCUT2D eigenvalue weighted by atomic mass is 79.9. The van der Waals surface area contributed by atoms with Crippen molar-refractivity contribution >= 4 is 57.0 Å². The molecular formula is C30H30BrN3O3S. The summed E-state index contributed by atoms with van der Waals surface area (Å²) in [4.78, 5) is 34.5. The number of methoxy groups -OCH3 is 1. The zero-order valence-corrected chi connectivity index (χ0v) is 24.1. The zero-order valence-electron chi connectivity index (χ0n) is 21.7. The van der Waals surface area contributed by atoms with E-state index < -0.39 is 0 Å². The highest BCUT2D eigenvalue weighted by Crippen LogP contribution is 2.42. The lowest BCUT2D eigenvalue weighted by Crippen LogP contribution is -2.52. The Kier molecular flexibility index (Phi) is 7.81. The zero-order chi connectivity index (χ0) is 26.8. The lowest BCUT2D eigenvalue weighted by Gasteiger charge is -2.38. The van der Waals surface area contributed by atoms with E-state index in [0.29, 0.717) is 18.0 Å². The Morgan fingerprint density at radius 1 is 1.00 bits per heavy atom. The third-order valence-electron chi connectivity index (χ3n) is 6.94. The largest absolute Gasteiger partial charge is 0.496 e. The van der Waals surface area contributed by atoms with Crippen LogP contribution in [0.4, 0.5) is 11.4 Å². The van der Waals surface area contributed by atoms with Crippen molar-refractivity contribution in [2.45, 2.75) is 18.7 Å². The maximum absolute atomic E-state index is 13.6. The summed E-state index contributed by atoms with van der Waals surface area (Å²) < 4.78 is 6.14. The van der Waals surface area contributed by atoms with Gasteiger partial charge in [0.05, 0.1) is 22.2 Å². The molecule has 0 aromatic heterocycles. The third kappa shape index (κ3) is 5.47. The molecule has 5 rings (SSSR count). The first kappa shape index (κ1) is 26.4. The molecule has 0 N–H and O–H groups in total. The first-order chi connectivity index (χ1) is 18.3. The molecule has 2 aliphatic heterocycles. The summed E-state index contributed by atoms with van der Waals surface area (Å²) in [5.74, 6) is 0.528. The van der Waals surface area contributed by atoms with Crippen molar-refractivity contribution in [3.05, 3.63) is 86.7 Å². The van der Waals surface area contributed by atoms with Crippen molar-refractivity contribution in [1.82, 2.24) is 4.90 Å². The van der Waals surface area contributed by atoms with Crippen LogP contribution in [-0.4, -0.2) is 56.5 Å². The molecule has 0 saturated carbocycles. The molecule has 2 heterocycles. The third-order valence-corrected chi connectivity index (χ3v) is 8.63. The molecule has 0 unspecified atom stereocenters. The lowest BCUT2D eigenvalue weighted by atomic mass is 10.1. The SMILES string of the molecule is COc1ccc(/C=C2/Sc3ccccc3N(CC(=O)N3CCN(c4cc(C)ccc4C)CC3)C2=O)cc1Br. The van der Waals surface area contributed by atoms with Gasteiger partial charge in [-0.15, -0.1) is 0 Å². The number of ether oxygens (including phenoxy) is 1. The van der Waals surface area contributed by atoms with E-state index in [4.69, 9.17) is 4.74 Å². The maximum atomic E-state index is 13.6. The minimum Gasteiger partial charge on any atom is -0.496 e. The van der Waals surface area contributed by atoms with Crippen LogP contribution in [0.2, 0.25) is 0 Å². The number of carbonyl (C=O) groups excluding carboxylic acids is 2. The number of nitrogens with zero attached hydrogens (tertiary/aromatic N) is 3. The number of hydrogen-bond acceptors (Lipinski definition) is 5. The van der Waals surface area contributed by atoms with Gasteiger partial charge >= 0.3 is 0 Å². The lowest BCUT2D eigenvalue weighted by molar-refractivity contribution is -0.131. The van der Waals surface area contributed by atoms with Crippen molar-refractivity contribution in [3.8, 4) is 5.75 Å². The van der Waals surface area contributed by atoms with Crippen molar-refractivity contribution in [2.24, 2.45) is 0 Å². The van der Waals surface area contributed by atoms with Crippen LogP contribution in [0.25, 0.3) is 6.08 Å². The molecular weight excluding hydrogens is 562 g/mol. The van der Waals surface area contributed by atoms with Gasteiger partial charge < -0.3 is 14.5 Å². The van der Waals surface area contributed by atoms with Gasteiger partial charge in [0.2, 0.25) is 5.91 Å². The molecule has 196 valence electrons. The second-order valence-corrected chi connectivity index (χ2v) is 11.5. The van der Waals surface area contributed by atoms with Gasteiger partial charge in [0.25, 0.3) is 5.91 Å². The number of aryl methyl sites for hydroxylation is 2. The van der Waals surface area contributed by atoms with Gasteiger partial charge in [0, 0.05) is 36.8 Å². The van der Waals surface area contributed by atoms with Gasteiger partial charge in [-0.3, -0.25) is 14.5 Å². The molecule has 2 amide bonds. The number of fused-ring (bicyclic) bond motifs is 1. The van der Waals surface area contributed by atoms with E-state index in [-0.39, 0.29) is 18.4 Å². The van der Waals surface area contributed by atoms with Gasteiger partial charge in [0.15, 0.2) is 0 Å². The number of anilines is 2. The Labute approximate surface area is 236 Å². The molecule has 0 atom stereocenters. The fourth-order valence-corrected chi connectivity index (χ4v) is 6.45. The Bertz CT molecular complexity index is 1420. The number of rotatable bonds is 5. The summed E-state index contributed by atoms with van der Waals surface area (Å²) in [6, 6.07) is 19.9. The van der Waals surface area contributed by atoms with Crippen molar-refractivity contribution in [2.75, 3.05) is 49.6 Å². The molecule has 0 aliphatic carbocycles. The Balaban J connectivity index is 1.33. The quantitative estimate of drug-likeness (QED) is 0.346. The van der Waals surface area contributed by atoms with Crippen LogP contribution < -0.4 is 14.5 Å². The highest BCUT2D eigenvalue weighted by molar-refractivity contribution is 9.10. The van der Waals surface area contributed by atoms with Crippen molar-refractivity contribution in [1.29, 1.82) is 0 Å². The second-order valence-electron chi connectivity index (χ2n) is 9.52. The van der Waals surface area contributed by atoms with Crippen LogP contribution >= 0.6 is 27.7 Å². The predicted octanol–water partition coefficient (Wildman–Crippen LogP) is 5.90.